The Hall–Kier alpha value is -2.76. The fraction of sp³-hybridized carbons (Fsp3) is 0.125. The van der Waals surface area contributed by atoms with Gasteiger partial charge >= 0.3 is 0 Å². The van der Waals surface area contributed by atoms with Crippen molar-refractivity contribution in [3.63, 3.8) is 0 Å². The SMILES string of the molecule is CCc1nc2ccc(C(=O)Nc3ccc(F)c(F)c3)cc2[nH]1. The second-order valence-corrected chi connectivity index (χ2v) is 4.85. The molecule has 4 nitrogen and oxygen atoms in total. The first-order valence-electron chi connectivity index (χ1n) is 6.82. The number of H-pyrrole nitrogens is 1. The highest BCUT2D eigenvalue weighted by atomic mass is 19.2. The highest BCUT2D eigenvalue weighted by Gasteiger charge is 2.10. The Kier molecular flexibility index (Phi) is 3.58. The first-order chi connectivity index (χ1) is 10.6. The molecular weight excluding hydrogens is 288 g/mol. The van der Waals surface area contributed by atoms with E-state index in [1.807, 2.05) is 6.92 Å². The second-order valence-electron chi connectivity index (χ2n) is 4.85. The summed E-state index contributed by atoms with van der Waals surface area (Å²) in [6, 6.07) is 8.27. The number of hydrogen-bond acceptors (Lipinski definition) is 2. The third-order valence-electron chi connectivity index (χ3n) is 3.31. The summed E-state index contributed by atoms with van der Waals surface area (Å²) in [6.07, 6.45) is 0.769. The monoisotopic (exact) mass is 301 g/mol. The standard InChI is InChI=1S/C16H13F2N3O/c1-2-15-20-13-6-3-9(7-14(13)21-15)16(22)19-10-4-5-11(17)12(18)8-10/h3-8H,2H2,1H3,(H,19,22)(H,20,21). The van der Waals surface area contributed by atoms with Gasteiger partial charge in [0.2, 0.25) is 0 Å². The van der Waals surface area contributed by atoms with Crippen molar-refractivity contribution in [1.29, 1.82) is 0 Å². The number of fused-ring (bicyclic) bond motifs is 1. The van der Waals surface area contributed by atoms with Crippen LogP contribution in [0.4, 0.5) is 14.5 Å². The van der Waals surface area contributed by atoms with E-state index < -0.39 is 17.5 Å². The molecule has 0 atom stereocenters. The first-order valence-corrected chi connectivity index (χ1v) is 6.82. The Labute approximate surface area is 125 Å². The lowest BCUT2D eigenvalue weighted by atomic mass is 10.2. The molecule has 0 bridgehead atoms. The minimum absolute atomic E-state index is 0.197. The van der Waals surface area contributed by atoms with Gasteiger partial charge < -0.3 is 10.3 Å². The van der Waals surface area contributed by atoms with E-state index in [0.29, 0.717) is 5.56 Å². The predicted octanol–water partition coefficient (Wildman–Crippen LogP) is 3.66. The van der Waals surface area contributed by atoms with E-state index in [0.717, 1.165) is 35.4 Å². The van der Waals surface area contributed by atoms with Gasteiger partial charge in [-0.05, 0) is 30.3 Å². The molecule has 112 valence electrons. The van der Waals surface area contributed by atoms with Crippen molar-refractivity contribution >= 4 is 22.6 Å². The number of anilines is 1. The van der Waals surface area contributed by atoms with Crippen LogP contribution < -0.4 is 5.32 Å². The van der Waals surface area contributed by atoms with E-state index in [-0.39, 0.29) is 5.69 Å². The maximum absolute atomic E-state index is 13.1. The molecule has 0 unspecified atom stereocenters. The van der Waals surface area contributed by atoms with Gasteiger partial charge in [-0.1, -0.05) is 6.92 Å². The Balaban J connectivity index is 1.86. The Bertz CT molecular complexity index is 858. The third-order valence-corrected chi connectivity index (χ3v) is 3.31. The van der Waals surface area contributed by atoms with Crippen molar-refractivity contribution in [2.75, 3.05) is 5.32 Å². The molecule has 3 aromatic rings. The second kappa shape index (κ2) is 5.55. The molecule has 0 aliphatic heterocycles. The van der Waals surface area contributed by atoms with Crippen molar-refractivity contribution in [3.05, 3.63) is 59.4 Å². The van der Waals surface area contributed by atoms with Crippen LogP contribution in [0.15, 0.2) is 36.4 Å². The summed E-state index contributed by atoms with van der Waals surface area (Å²) in [5.74, 6) is -1.52. The van der Waals surface area contributed by atoms with Crippen LogP contribution in [0, 0.1) is 11.6 Å². The van der Waals surface area contributed by atoms with Crippen molar-refractivity contribution in [2.45, 2.75) is 13.3 Å². The average Bonchev–Trinajstić information content (AvgIpc) is 2.93. The zero-order chi connectivity index (χ0) is 15.7. The number of nitrogens with one attached hydrogen (secondary N) is 2. The van der Waals surface area contributed by atoms with Crippen LogP contribution in [0.5, 0.6) is 0 Å². The summed E-state index contributed by atoms with van der Waals surface area (Å²) in [5.41, 5.74) is 2.14. The van der Waals surface area contributed by atoms with Crippen LogP contribution in [0.3, 0.4) is 0 Å². The highest BCUT2D eigenvalue weighted by Crippen LogP contribution is 2.17. The number of nitrogens with zero attached hydrogens (tertiary/aromatic N) is 1. The molecule has 1 aromatic heterocycles. The summed E-state index contributed by atoms with van der Waals surface area (Å²) in [5, 5.41) is 2.53. The molecule has 0 spiro atoms. The Morgan fingerprint density at radius 1 is 1.18 bits per heavy atom. The molecule has 3 rings (SSSR count). The molecule has 1 amide bonds. The van der Waals surface area contributed by atoms with Crippen molar-refractivity contribution in [2.24, 2.45) is 0 Å². The molecule has 0 aliphatic carbocycles. The van der Waals surface area contributed by atoms with Gasteiger partial charge in [0.05, 0.1) is 11.0 Å². The van der Waals surface area contributed by atoms with E-state index in [1.165, 1.54) is 6.07 Å². The van der Waals surface area contributed by atoms with Gasteiger partial charge in [-0.15, -0.1) is 0 Å². The van der Waals surface area contributed by atoms with Gasteiger partial charge in [0.15, 0.2) is 11.6 Å². The van der Waals surface area contributed by atoms with Gasteiger partial charge in [-0.2, -0.15) is 0 Å². The third kappa shape index (κ3) is 2.67. The summed E-state index contributed by atoms with van der Waals surface area (Å²) in [4.78, 5) is 19.6. The van der Waals surface area contributed by atoms with Crippen molar-refractivity contribution in [1.82, 2.24) is 9.97 Å². The lowest BCUT2D eigenvalue weighted by molar-refractivity contribution is 0.102. The minimum Gasteiger partial charge on any atom is -0.342 e. The molecule has 2 aromatic carbocycles. The van der Waals surface area contributed by atoms with E-state index in [2.05, 4.69) is 15.3 Å². The van der Waals surface area contributed by atoms with Crippen molar-refractivity contribution < 1.29 is 13.6 Å². The van der Waals surface area contributed by atoms with Crippen molar-refractivity contribution in [3.8, 4) is 0 Å². The molecule has 2 N–H and O–H groups in total. The zero-order valence-electron chi connectivity index (χ0n) is 11.8. The molecule has 6 heteroatoms. The smallest absolute Gasteiger partial charge is 0.255 e. The topological polar surface area (TPSA) is 57.8 Å². The van der Waals surface area contributed by atoms with Gasteiger partial charge in [0, 0.05) is 23.7 Å². The fourth-order valence-corrected chi connectivity index (χ4v) is 2.15. The number of amides is 1. The van der Waals surface area contributed by atoms with Crippen LogP contribution in [0.2, 0.25) is 0 Å². The number of carbonyl (C=O) groups is 1. The molecule has 1 heterocycles. The van der Waals surface area contributed by atoms with Crippen LogP contribution in [-0.2, 0) is 6.42 Å². The average molecular weight is 301 g/mol. The molecule has 0 fully saturated rings. The normalized spacial score (nSPS) is 10.9. The number of aromatic nitrogens is 2. The van der Waals surface area contributed by atoms with Crippen LogP contribution in [-0.4, -0.2) is 15.9 Å². The predicted molar refractivity (Wildman–Crippen MR) is 79.8 cm³/mol. The van der Waals surface area contributed by atoms with E-state index in [9.17, 15) is 13.6 Å². The highest BCUT2D eigenvalue weighted by molar-refractivity contribution is 6.05. The van der Waals surface area contributed by atoms with Gasteiger partial charge in [-0.25, -0.2) is 13.8 Å². The molecule has 22 heavy (non-hydrogen) atoms. The van der Waals surface area contributed by atoms with E-state index in [1.54, 1.807) is 18.2 Å². The number of rotatable bonds is 3. The summed E-state index contributed by atoms with van der Waals surface area (Å²) in [6.45, 7) is 1.98. The van der Waals surface area contributed by atoms with Crippen LogP contribution in [0.1, 0.15) is 23.1 Å². The number of benzene rings is 2. The maximum Gasteiger partial charge on any atom is 0.255 e. The number of carbonyl (C=O) groups excluding carboxylic acids is 1. The number of aromatic amines is 1. The quantitative estimate of drug-likeness (QED) is 0.775. The lowest BCUT2D eigenvalue weighted by Crippen LogP contribution is -2.12. The Morgan fingerprint density at radius 2 is 2.00 bits per heavy atom. The summed E-state index contributed by atoms with van der Waals surface area (Å²) < 4.78 is 26.0. The summed E-state index contributed by atoms with van der Waals surface area (Å²) in [7, 11) is 0. The molecule has 0 aliphatic rings. The molecule has 0 saturated carbocycles. The number of imidazole rings is 1. The molecular formula is C16H13F2N3O. The summed E-state index contributed by atoms with van der Waals surface area (Å²) >= 11 is 0. The fourth-order valence-electron chi connectivity index (χ4n) is 2.15. The van der Waals surface area contributed by atoms with Crippen LogP contribution in [0.25, 0.3) is 11.0 Å². The van der Waals surface area contributed by atoms with Crippen LogP contribution >= 0.6 is 0 Å². The Morgan fingerprint density at radius 3 is 2.73 bits per heavy atom. The van der Waals surface area contributed by atoms with E-state index in [4.69, 9.17) is 0 Å². The van der Waals surface area contributed by atoms with E-state index >= 15 is 0 Å². The molecule has 0 radical (unpaired) electrons. The minimum atomic E-state index is -1.01. The van der Waals surface area contributed by atoms with Gasteiger partial charge in [-0.3, -0.25) is 4.79 Å². The largest absolute Gasteiger partial charge is 0.342 e. The van der Waals surface area contributed by atoms with Gasteiger partial charge in [0.1, 0.15) is 5.82 Å². The maximum atomic E-state index is 13.1. The number of halogens is 2. The first kappa shape index (κ1) is 14.2. The lowest BCUT2D eigenvalue weighted by Gasteiger charge is -2.05. The number of aryl methyl sites for hydroxylation is 1. The zero-order valence-corrected chi connectivity index (χ0v) is 11.8. The molecule has 0 saturated heterocycles. The van der Waals surface area contributed by atoms with Gasteiger partial charge in [0.25, 0.3) is 5.91 Å². The number of hydrogen-bond donors (Lipinski definition) is 2.